The number of likely N-dealkylation sites (tertiary alicyclic amines) is 1. The molecule has 0 spiro atoms. The standard InChI is InChI=1S/C11H15N3O3/c1-2-8-5-9(13-12-8)10(15)14-4-3-7(6-14)11(16)17/h5,7H,2-4,6H2,1H3,(H,12,13)(H,16,17)/t7-/m1/s1. The van der Waals surface area contributed by atoms with Crippen molar-refractivity contribution in [1.82, 2.24) is 15.1 Å². The number of carboxylic acids is 1. The highest BCUT2D eigenvalue weighted by Crippen LogP contribution is 2.18. The van der Waals surface area contributed by atoms with Crippen molar-refractivity contribution in [2.45, 2.75) is 19.8 Å². The molecule has 0 saturated carbocycles. The summed E-state index contributed by atoms with van der Waals surface area (Å²) in [5, 5.41) is 15.6. The number of H-pyrrole nitrogens is 1. The Balaban J connectivity index is 2.04. The fourth-order valence-corrected chi connectivity index (χ4v) is 1.96. The summed E-state index contributed by atoms with van der Waals surface area (Å²) in [5.41, 5.74) is 1.27. The first-order valence-corrected chi connectivity index (χ1v) is 5.68. The smallest absolute Gasteiger partial charge is 0.308 e. The van der Waals surface area contributed by atoms with Crippen molar-refractivity contribution in [3.63, 3.8) is 0 Å². The second-order valence-electron chi connectivity index (χ2n) is 4.21. The van der Waals surface area contributed by atoms with Crippen LogP contribution in [0.2, 0.25) is 0 Å². The lowest BCUT2D eigenvalue weighted by atomic mass is 10.1. The van der Waals surface area contributed by atoms with E-state index in [9.17, 15) is 9.59 Å². The zero-order valence-electron chi connectivity index (χ0n) is 9.64. The van der Waals surface area contributed by atoms with E-state index in [1.54, 1.807) is 11.0 Å². The third-order valence-electron chi connectivity index (χ3n) is 3.06. The van der Waals surface area contributed by atoms with Crippen LogP contribution >= 0.6 is 0 Å². The Morgan fingerprint density at radius 3 is 2.94 bits per heavy atom. The Morgan fingerprint density at radius 2 is 2.41 bits per heavy atom. The number of nitrogens with zero attached hydrogens (tertiary/aromatic N) is 2. The molecule has 1 atom stereocenters. The van der Waals surface area contributed by atoms with Crippen LogP contribution in [0.5, 0.6) is 0 Å². The van der Waals surface area contributed by atoms with Crippen molar-refractivity contribution in [2.24, 2.45) is 5.92 Å². The van der Waals surface area contributed by atoms with Gasteiger partial charge in [-0.1, -0.05) is 6.92 Å². The molecule has 92 valence electrons. The van der Waals surface area contributed by atoms with Crippen LogP contribution in [0.3, 0.4) is 0 Å². The number of nitrogens with one attached hydrogen (secondary N) is 1. The number of aliphatic carboxylic acids is 1. The van der Waals surface area contributed by atoms with Gasteiger partial charge in [0.25, 0.3) is 5.91 Å². The van der Waals surface area contributed by atoms with Crippen molar-refractivity contribution >= 4 is 11.9 Å². The molecular weight excluding hydrogens is 222 g/mol. The van der Waals surface area contributed by atoms with E-state index in [0.29, 0.717) is 18.7 Å². The summed E-state index contributed by atoms with van der Waals surface area (Å²) in [4.78, 5) is 24.3. The van der Waals surface area contributed by atoms with E-state index in [0.717, 1.165) is 12.1 Å². The summed E-state index contributed by atoms with van der Waals surface area (Å²) >= 11 is 0. The Morgan fingerprint density at radius 1 is 1.65 bits per heavy atom. The number of carbonyl (C=O) groups excluding carboxylic acids is 1. The van der Waals surface area contributed by atoms with Gasteiger partial charge in [0.05, 0.1) is 5.92 Å². The lowest BCUT2D eigenvalue weighted by molar-refractivity contribution is -0.141. The van der Waals surface area contributed by atoms with Crippen molar-refractivity contribution in [3.8, 4) is 0 Å². The minimum Gasteiger partial charge on any atom is -0.481 e. The molecule has 0 unspecified atom stereocenters. The van der Waals surface area contributed by atoms with E-state index in [1.165, 1.54) is 0 Å². The Hall–Kier alpha value is -1.85. The van der Waals surface area contributed by atoms with E-state index in [-0.39, 0.29) is 12.5 Å². The number of hydrogen-bond acceptors (Lipinski definition) is 3. The van der Waals surface area contributed by atoms with Crippen LogP contribution < -0.4 is 0 Å². The maximum absolute atomic E-state index is 12.0. The number of aryl methyl sites for hydroxylation is 1. The molecule has 1 saturated heterocycles. The van der Waals surface area contributed by atoms with Crippen LogP contribution in [0, 0.1) is 5.92 Å². The van der Waals surface area contributed by atoms with Crippen LogP contribution in [0.25, 0.3) is 0 Å². The van der Waals surface area contributed by atoms with Crippen molar-refractivity contribution < 1.29 is 14.7 Å². The first-order chi connectivity index (χ1) is 8.11. The van der Waals surface area contributed by atoms with Crippen LogP contribution in [0.1, 0.15) is 29.5 Å². The van der Waals surface area contributed by atoms with Gasteiger partial charge in [-0.05, 0) is 18.9 Å². The number of carbonyl (C=O) groups is 2. The highest BCUT2D eigenvalue weighted by molar-refractivity contribution is 5.93. The first kappa shape index (κ1) is 11.6. The molecule has 0 aliphatic carbocycles. The van der Waals surface area contributed by atoms with E-state index < -0.39 is 11.9 Å². The van der Waals surface area contributed by atoms with E-state index >= 15 is 0 Å². The molecule has 1 fully saturated rings. The molecule has 6 heteroatoms. The molecule has 1 aliphatic rings. The van der Waals surface area contributed by atoms with E-state index in [1.807, 2.05) is 6.92 Å². The summed E-state index contributed by atoms with van der Waals surface area (Å²) in [6.07, 6.45) is 1.31. The van der Waals surface area contributed by atoms with Gasteiger partial charge in [-0.2, -0.15) is 5.10 Å². The van der Waals surface area contributed by atoms with E-state index in [2.05, 4.69) is 10.2 Å². The van der Waals surface area contributed by atoms with Crippen molar-refractivity contribution in [3.05, 3.63) is 17.5 Å². The summed E-state index contributed by atoms with van der Waals surface area (Å²) in [6.45, 7) is 2.74. The monoisotopic (exact) mass is 237 g/mol. The average Bonchev–Trinajstić information content (AvgIpc) is 2.97. The number of aromatic nitrogens is 2. The molecule has 0 aromatic carbocycles. The zero-order chi connectivity index (χ0) is 12.4. The molecule has 1 aromatic rings. The van der Waals surface area contributed by atoms with Crippen LogP contribution in [-0.2, 0) is 11.2 Å². The minimum atomic E-state index is -0.837. The fourth-order valence-electron chi connectivity index (χ4n) is 1.96. The first-order valence-electron chi connectivity index (χ1n) is 5.68. The summed E-state index contributed by atoms with van der Waals surface area (Å²) in [5.74, 6) is -1.47. The summed E-state index contributed by atoms with van der Waals surface area (Å²) in [6, 6.07) is 1.72. The largest absolute Gasteiger partial charge is 0.481 e. The molecule has 0 radical (unpaired) electrons. The topological polar surface area (TPSA) is 86.3 Å². The van der Waals surface area contributed by atoms with E-state index in [4.69, 9.17) is 5.11 Å². The third kappa shape index (κ3) is 2.30. The van der Waals surface area contributed by atoms with Crippen LogP contribution in [-0.4, -0.2) is 45.2 Å². The van der Waals surface area contributed by atoms with Gasteiger partial charge in [-0.25, -0.2) is 0 Å². The number of amides is 1. The lowest BCUT2D eigenvalue weighted by Crippen LogP contribution is -2.30. The second kappa shape index (κ2) is 4.57. The van der Waals surface area contributed by atoms with Gasteiger partial charge in [0, 0.05) is 18.8 Å². The second-order valence-corrected chi connectivity index (χ2v) is 4.21. The van der Waals surface area contributed by atoms with Gasteiger partial charge in [-0.15, -0.1) is 0 Å². The zero-order valence-corrected chi connectivity index (χ0v) is 9.64. The van der Waals surface area contributed by atoms with Gasteiger partial charge < -0.3 is 10.0 Å². The summed E-state index contributed by atoms with van der Waals surface area (Å²) in [7, 11) is 0. The molecule has 2 N–H and O–H groups in total. The predicted octanol–water partition coefficient (Wildman–Crippen LogP) is 0.519. The van der Waals surface area contributed by atoms with Gasteiger partial charge in [0.1, 0.15) is 5.69 Å². The highest BCUT2D eigenvalue weighted by atomic mass is 16.4. The average molecular weight is 237 g/mol. The molecule has 17 heavy (non-hydrogen) atoms. The maximum Gasteiger partial charge on any atom is 0.308 e. The normalized spacial score (nSPS) is 19.6. The Kier molecular flexibility index (Phi) is 3.12. The van der Waals surface area contributed by atoms with Gasteiger partial charge in [0.15, 0.2) is 0 Å². The molecular formula is C11H15N3O3. The molecule has 6 nitrogen and oxygen atoms in total. The van der Waals surface area contributed by atoms with Crippen LogP contribution in [0.4, 0.5) is 0 Å². The lowest BCUT2D eigenvalue weighted by Gasteiger charge is -2.13. The Labute approximate surface area is 98.6 Å². The SMILES string of the molecule is CCc1cc(C(=O)N2CC[C@@H](C(=O)O)C2)n[nH]1. The maximum atomic E-state index is 12.0. The minimum absolute atomic E-state index is 0.190. The van der Waals surface area contributed by atoms with Crippen molar-refractivity contribution in [1.29, 1.82) is 0 Å². The highest BCUT2D eigenvalue weighted by Gasteiger charge is 2.32. The van der Waals surface area contributed by atoms with Gasteiger partial charge in [0.2, 0.25) is 0 Å². The molecule has 2 heterocycles. The van der Waals surface area contributed by atoms with Gasteiger partial charge >= 0.3 is 5.97 Å². The third-order valence-corrected chi connectivity index (χ3v) is 3.06. The molecule has 1 aliphatic heterocycles. The quantitative estimate of drug-likeness (QED) is 0.802. The number of rotatable bonds is 3. The number of carboxylic acid groups (broad SMARTS) is 1. The Bertz CT molecular complexity index is 441. The molecule has 0 bridgehead atoms. The molecule has 1 aromatic heterocycles. The predicted molar refractivity (Wildman–Crippen MR) is 59.6 cm³/mol. The van der Waals surface area contributed by atoms with Gasteiger partial charge in [-0.3, -0.25) is 14.7 Å². The van der Waals surface area contributed by atoms with Crippen LogP contribution in [0.15, 0.2) is 6.07 Å². The number of hydrogen-bond donors (Lipinski definition) is 2. The number of aromatic amines is 1. The molecule has 2 rings (SSSR count). The molecule has 1 amide bonds. The fraction of sp³-hybridized carbons (Fsp3) is 0.545. The summed E-state index contributed by atoms with van der Waals surface area (Å²) < 4.78 is 0. The van der Waals surface area contributed by atoms with Crippen molar-refractivity contribution in [2.75, 3.05) is 13.1 Å².